The Balaban J connectivity index is 1.67. The summed E-state index contributed by atoms with van der Waals surface area (Å²) in [6, 6.07) is 8.72. The number of ether oxygens (including phenoxy) is 1. The summed E-state index contributed by atoms with van der Waals surface area (Å²) in [5.41, 5.74) is 3.83. The normalized spacial score (nSPS) is 15.8. The van der Waals surface area contributed by atoms with E-state index in [0.717, 1.165) is 38.3 Å². The number of esters is 1. The van der Waals surface area contributed by atoms with Crippen molar-refractivity contribution < 1.29 is 9.53 Å². The predicted molar refractivity (Wildman–Crippen MR) is 106 cm³/mol. The van der Waals surface area contributed by atoms with Crippen molar-refractivity contribution in [2.24, 2.45) is 0 Å². The maximum Gasteiger partial charge on any atom is 0.359 e. The molecule has 0 unspecified atom stereocenters. The SMILES string of the molecule is COC(=O)c1nn(CN2CCCN(c3ccc(C)cc3)CC2)c(C)c1Br. The Morgan fingerprint density at radius 1 is 1.15 bits per heavy atom. The van der Waals surface area contributed by atoms with Gasteiger partial charge in [-0.05, 0) is 48.3 Å². The molecular weight excluding hydrogens is 396 g/mol. The molecule has 1 aliphatic rings. The fourth-order valence-electron chi connectivity index (χ4n) is 3.20. The Labute approximate surface area is 162 Å². The molecule has 7 heteroatoms. The highest BCUT2D eigenvalue weighted by molar-refractivity contribution is 9.10. The minimum absolute atomic E-state index is 0.334. The minimum Gasteiger partial charge on any atom is -0.464 e. The average molecular weight is 421 g/mol. The van der Waals surface area contributed by atoms with E-state index in [1.807, 2.05) is 11.6 Å². The molecule has 0 saturated carbocycles. The standard InChI is InChI=1S/C19H25BrN4O2/c1-14-5-7-16(8-6-14)23-10-4-9-22(11-12-23)13-24-15(2)17(20)18(21-24)19(25)26-3/h5-8H,4,9-13H2,1-3H3. The highest BCUT2D eigenvalue weighted by atomic mass is 79.9. The largest absolute Gasteiger partial charge is 0.464 e. The lowest BCUT2D eigenvalue weighted by Gasteiger charge is -2.24. The van der Waals surface area contributed by atoms with Crippen LogP contribution in [0.5, 0.6) is 0 Å². The molecule has 0 N–H and O–H groups in total. The number of nitrogens with zero attached hydrogens (tertiary/aromatic N) is 4. The van der Waals surface area contributed by atoms with Crippen LogP contribution >= 0.6 is 15.9 Å². The van der Waals surface area contributed by atoms with E-state index in [0.29, 0.717) is 16.8 Å². The van der Waals surface area contributed by atoms with Crippen molar-refractivity contribution in [1.29, 1.82) is 0 Å². The molecule has 2 aromatic rings. The van der Waals surface area contributed by atoms with Gasteiger partial charge in [-0.15, -0.1) is 0 Å². The molecule has 2 heterocycles. The first-order chi connectivity index (χ1) is 12.5. The molecule has 0 bridgehead atoms. The lowest BCUT2D eigenvalue weighted by atomic mass is 10.2. The molecule has 1 saturated heterocycles. The lowest BCUT2D eigenvalue weighted by Crippen LogP contribution is -2.32. The maximum absolute atomic E-state index is 11.8. The first kappa shape index (κ1) is 18.9. The number of carbonyl (C=O) groups excluding carboxylic acids is 1. The number of anilines is 1. The second kappa shape index (κ2) is 8.22. The number of halogens is 1. The first-order valence-electron chi connectivity index (χ1n) is 8.85. The molecule has 0 aliphatic carbocycles. The Bertz CT molecular complexity index is 773. The van der Waals surface area contributed by atoms with Crippen LogP contribution in [0.3, 0.4) is 0 Å². The van der Waals surface area contributed by atoms with Crippen molar-refractivity contribution in [2.75, 3.05) is 38.2 Å². The molecule has 26 heavy (non-hydrogen) atoms. The summed E-state index contributed by atoms with van der Waals surface area (Å²) in [6.07, 6.45) is 1.10. The molecule has 0 spiro atoms. The number of carbonyl (C=O) groups is 1. The maximum atomic E-state index is 11.8. The number of benzene rings is 1. The highest BCUT2D eigenvalue weighted by Crippen LogP contribution is 2.22. The Morgan fingerprint density at radius 2 is 1.88 bits per heavy atom. The lowest BCUT2D eigenvalue weighted by molar-refractivity contribution is 0.0591. The second-order valence-corrected chi connectivity index (χ2v) is 7.47. The van der Waals surface area contributed by atoms with E-state index >= 15 is 0 Å². The van der Waals surface area contributed by atoms with Crippen molar-refractivity contribution in [2.45, 2.75) is 26.9 Å². The van der Waals surface area contributed by atoms with E-state index in [-0.39, 0.29) is 0 Å². The van der Waals surface area contributed by atoms with Crippen molar-refractivity contribution in [3.63, 3.8) is 0 Å². The highest BCUT2D eigenvalue weighted by Gasteiger charge is 2.22. The van der Waals surface area contributed by atoms with Crippen LogP contribution in [0.4, 0.5) is 5.69 Å². The van der Waals surface area contributed by atoms with Crippen molar-refractivity contribution in [3.05, 3.63) is 45.7 Å². The van der Waals surface area contributed by atoms with Crippen LogP contribution < -0.4 is 4.90 Å². The number of aromatic nitrogens is 2. The summed E-state index contributed by atoms with van der Waals surface area (Å²) < 4.78 is 7.38. The number of hydrogen-bond donors (Lipinski definition) is 0. The monoisotopic (exact) mass is 420 g/mol. The zero-order valence-corrected chi connectivity index (χ0v) is 17.1. The van der Waals surface area contributed by atoms with Gasteiger partial charge in [0.25, 0.3) is 0 Å². The van der Waals surface area contributed by atoms with E-state index in [1.165, 1.54) is 18.4 Å². The smallest absolute Gasteiger partial charge is 0.359 e. The molecule has 0 radical (unpaired) electrons. The van der Waals surface area contributed by atoms with E-state index in [9.17, 15) is 4.79 Å². The molecule has 1 aliphatic heterocycles. The Hall–Kier alpha value is -1.86. The van der Waals surface area contributed by atoms with Gasteiger partial charge in [0.05, 0.1) is 23.9 Å². The van der Waals surface area contributed by atoms with Crippen LogP contribution in [0, 0.1) is 13.8 Å². The van der Waals surface area contributed by atoms with Gasteiger partial charge in [0.1, 0.15) is 0 Å². The minimum atomic E-state index is -0.417. The zero-order valence-electron chi connectivity index (χ0n) is 15.5. The summed E-state index contributed by atoms with van der Waals surface area (Å²) in [4.78, 5) is 16.6. The van der Waals surface area contributed by atoms with Gasteiger partial charge in [-0.1, -0.05) is 17.7 Å². The van der Waals surface area contributed by atoms with Gasteiger partial charge in [-0.25, -0.2) is 4.79 Å². The molecule has 140 valence electrons. The van der Waals surface area contributed by atoms with Gasteiger partial charge in [0, 0.05) is 31.9 Å². The number of methoxy groups -OCH3 is 1. The summed E-state index contributed by atoms with van der Waals surface area (Å²) in [6.45, 7) is 8.73. The Morgan fingerprint density at radius 3 is 2.58 bits per heavy atom. The summed E-state index contributed by atoms with van der Waals surface area (Å²) in [5.74, 6) is -0.417. The molecule has 1 aromatic carbocycles. The van der Waals surface area contributed by atoms with E-state index in [1.54, 1.807) is 0 Å². The topological polar surface area (TPSA) is 50.6 Å². The summed E-state index contributed by atoms with van der Waals surface area (Å²) >= 11 is 3.46. The van der Waals surface area contributed by atoms with Crippen LogP contribution in [-0.2, 0) is 11.4 Å². The van der Waals surface area contributed by atoms with Crippen molar-refractivity contribution >= 4 is 27.6 Å². The predicted octanol–water partition coefficient (Wildman–Crippen LogP) is 3.22. The molecule has 1 fully saturated rings. The number of rotatable bonds is 4. The Kier molecular flexibility index (Phi) is 5.98. The van der Waals surface area contributed by atoms with Gasteiger partial charge in [0.15, 0.2) is 5.69 Å². The molecule has 1 aromatic heterocycles. The van der Waals surface area contributed by atoms with Gasteiger partial charge in [-0.3, -0.25) is 9.58 Å². The third kappa shape index (κ3) is 4.10. The van der Waals surface area contributed by atoms with Crippen LogP contribution in [0.2, 0.25) is 0 Å². The fraction of sp³-hybridized carbons (Fsp3) is 0.474. The van der Waals surface area contributed by atoms with E-state index in [2.05, 4.69) is 62.0 Å². The number of hydrogen-bond acceptors (Lipinski definition) is 5. The van der Waals surface area contributed by atoms with E-state index < -0.39 is 5.97 Å². The molecule has 0 amide bonds. The molecule has 3 rings (SSSR count). The van der Waals surface area contributed by atoms with Crippen LogP contribution in [0.1, 0.15) is 28.2 Å². The first-order valence-corrected chi connectivity index (χ1v) is 9.64. The van der Waals surface area contributed by atoms with Gasteiger partial charge < -0.3 is 9.64 Å². The molecule has 0 atom stereocenters. The zero-order chi connectivity index (χ0) is 18.7. The van der Waals surface area contributed by atoms with E-state index in [4.69, 9.17) is 4.74 Å². The fourth-order valence-corrected chi connectivity index (χ4v) is 3.65. The third-order valence-electron chi connectivity index (χ3n) is 4.83. The van der Waals surface area contributed by atoms with Crippen molar-refractivity contribution in [3.8, 4) is 0 Å². The van der Waals surface area contributed by atoms with Crippen molar-refractivity contribution in [1.82, 2.24) is 14.7 Å². The third-order valence-corrected chi connectivity index (χ3v) is 5.78. The van der Waals surface area contributed by atoms with Gasteiger partial charge in [-0.2, -0.15) is 5.10 Å². The average Bonchev–Trinajstić information content (AvgIpc) is 2.81. The van der Waals surface area contributed by atoms with Gasteiger partial charge >= 0.3 is 5.97 Å². The quantitative estimate of drug-likeness (QED) is 0.710. The summed E-state index contributed by atoms with van der Waals surface area (Å²) in [5, 5.41) is 4.43. The molecular formula is C19H25BrN4O2. The van der Waals surface area contributed by atoms with Crippen LogP contribution in [-0.4, -0.2) is 53.9 Å². The van der Waals surface area contributed by atoms with Crippen LogP contribution in [0.25, 0.3) is 0 Å². The van der Waals surface area contributed by atoms with Gasteiger partial charge in [0.2, 0.25) is 0 Å². The number of aryl methyl sites for hydroxylation is 1. The molecule has 6 nitrogen and oxygen atoms in total. The van der Waals surface area contributed by atoms with Crippen LogP contribution in [0.15, 0.2) is 28.7 Å². The summed E-state index contributed by atoms with van der Waals surface area (Å²) in [7, 11) is 1.37. The second-order valence-electron chi connectivity index (χ2n) is 6.67.